The first-order chi connectivity index (χ1) is 12.4. The van der Waals surface area contributed by atoms with Crippen LogP contribution in [-0.2, 0) is 14.4 Å². The third-order valence-corrected chi connectivity index (χ3v) is 7.01. The Labute approximate surface area is 169 Å². The number of carboxylic acids is 1. The quantitative estimate of drug-likeness (QED) is 0.560. The number of halogens is 2. The molecule has 27 heavy (non-hydrogen) atoms. The topological polar surface area (TPSA) is 104 Å². The lowest BCUT2D eigenvalue weighted by Crippen LogP contribution is -2.82. The van der Waals surface area contributed by atoms with Gasteiger partial charge in [0, 0.05) is 9.77 Å². The molecule has 3 atom stereocenters. The molecule has 2 N–H and O–H groups in total. The lowest BCUT2D eigenvalue weighted by Gasteiger charge is -2.51. The first-order valence-electron chi connectivity index (χ1n) is 7.95. The molecule has 1 aromatic carbocycles. The fourth-order valence-electron chi connectivity index (χ4n) is 3.51. The summed E-state index contributed by atoms with van der Waals surface area (Å²) in [7, 11) is 0. The van der Waals surface area contributed by atoms with Crippen LogP contribution in [0, 0.1) is 0 Å². The van der Waals surface area contributed by atoms with Crippen LogP contribution in [0.4, 0.5) is 0 Å². The van der Waals surface area contributed by atoms with E-state index in [4.69, 9.17) is 23.2 Å². The molecule has 10 heteroatoms. The number of fused-ring (bicyclic) bond motifs is 1. The van der Waals surface area contributed by atoms with Crippen LogP contribution in [0.1, 0.15) is 31.1 Å². The summed E-state index contributed by atoms with van der Waals surface area (Å²) >= 11 is 13.0. The predicted molar refractivity (Wildman–Crippen MR) is 101 cm³/mol. The Balaban J connectivity index is 1.97. The second-order valence-corrected chi connectivity index (χ2v) is 9.55. The van der Waals surface area contributed by atoms with Crippen molar-refractivity contribution in [3.8, 4) is 0 Å². The number of aliphatic carboxylic acids is 1. The lowest BCUT2D eigenvalue weighted by atomic mass is 9.81. The summed E-state index contributed by atoms with van der Waals surface area (Å²) in [5.74, 6) is -3.17. The minimum Gasteiger partial charge on any atom is -0.480 e. The lowest BCUT2D eigenvalue weighted by molar-refractivity contribution is -0.170. The molecular weight excluding hydrogens is 415 g/mol. The minimum absolute atomic E-state index is 0.0602. The summed E-state index contributed by atoms with van der Waals surface area (Å²) in [6.45, 7) is 4.57. The Kier molecular flexibility index (Phi) is 4.73. The summed E-state index contributed by atoms with van der Waals surface area (Å²) < 4.78 is -0.827. The zero-order valence-electron chi connectivity index (χ0n) is 14.6. The standard InChI is InChI=1S/C17H16Cl2N2O5S/c1-7(22)17(20-12(23)9-5-4-8(18)6-10(9)19)14(26)21-11(13(24)25)16(2,3)27-15(17)21/h4-6,11,15H,1-3H3,(H,20,23)(H,24,25)/t11-,15+,17?/m0/s1. The number of thioether (sulfide) groups is 1. The average Bonchev–Trinajstić information content (AvgIpc) is 2.80. The highest BCUT2D eigenvalue weighted by Crippen LogP contribution is 2.55. The van der Waals surface area contributed by atoms with E-state index in [-0.39, 0.29) is 10.6 Å². The van der Waals surface area contributed by atoms with Crippen molar-refractivity contribution in [3.05, 3.63) is 33.8 Å². The van der Waals surface area contributed by atoms with Crippen molar-refractivity contribution in [2.45, 2.75) is 42.5 Å². The molecule has 2 aliphatic rings. The zero-order chi connectivity index (χ0) is 20.3. The number of ketones is 1. The van der Waals surface area contributed by atoms with Gasteiger partial charge in [0.2, 0.25) is 5.54 Å². The number of rotatable bonds is 4. The van der Waals surface area contributed by atoms with E-state index in [1.54, 1.807) is 13.8 Å². The minimum atomic E-state index is -1.83. The number of carbonyl (C=O) groups excluding carboxylic acids is 3. The number of Topliss-reactive ketones (excluding diaryl/α,β-unsaturated/α-hetero) is 1. The van der Waals surface area contributed by atoms with E-state index >= 15 is 0 Å². The van der Waals surface area contributed by atoms with Crippen molar-refractivity contribution in [1.82, 2.24) is 10.2 Å². The van der Waals surface area contributed by atoms with Gasteiger partial charge in [-0.05, 0) is 39.0 Å². The van der Waals surface area contributed by atoms with E-state index in [2.05, 4.69) is 5.32 Å². The van der Waals surface area contributed by atoms with E-state index < -0.39 is 45.3 Å². The molecule has 2 heterocycles. The van der Waals surface area contributed by atoms with Gasteiger partial charge in [-0.2, -0.15) is 0 Å². The van der Waals surface area contributed by atoms with E-state index in [1.165, 1.54) is 36.9 Å². The summed E-state index contributed by atoms with van der Waals surface area (Å²) in [5.41, 5.74) is -1.77. The second-order valence-electron chi connectivity index (χ2n) is 6.97. The average molecular weight is 431 g/mol. The molecule has 0 bridgehead atoms. The smallest absolute Gasteiger partial charge is 0.327 e. The van der Waals surface area contributed by atoms with Crippen LogP contribution in [0.3, 0.4) is 0 Å². The number of carbonyl (C=O) groups is 4. The van der Waals surface area contributed by atoms with Gasteiger partial charge < -0.3 is 15.3 Å². The number of β-lactam (4-membered cyclic amide) rings is 1. The monoisotopic (exact) mass is 430 g/mol. The summed E-state index contributed by atoms with van der Waals surface area (Å²) in [4.78, 5) is 50.8. The molecule has 144 valence electrons. The number of benzene rings is 1. The molecule has 0 spiro atoms. The Morgan fingerprint density at radius 2 is 1.89 bits per heavy atom. The highest BCUT2D eigenvalue weighted by atomic mass is 35.5. The van der Waals surface area contributed by atoms with Crippen molar-refractivity contribution in [3.63, 3.8) is 0 Å². The van der Waals surface area contributed by atoms with Crippen LogP contribution in [-0.4, -0.2) is 55.3 Å². The number of amides is 2. The highest BCUT2D eigenvalue weighted by molar-refractivity contribution is 8.01. The van der Waals surface area contributed by atoms with Crippen LogP contribution >= 0.6 is 35.0 Å². The number of carboxylic acid groups (broad SMARTS) is 1. The van der Waals surface area contributed by atoms with Gasteiger partial charge in [-0.25, -0.2) is 4.79 Å². The van der Waals surface area contributed by atoms with E-state index in [1.807, 2.05) is 0 Å². The van der Waals surface area contributed by atoms with Crippen LogP contribution in [0.15, 0.2) is 18.2 Å². The van der Waals surface area contributed by atoms with Gasteiger partial charge in [-0.1, -0.05) is 23.2 Å². The molecule has 0 aromatic heterocycles. The summed E-state index contributed by atoms with van der Waals surface area (Å²) in [6, 6.07) is 3.14. The third-order valence-electron chi connectivity index (χ3n) is 4.82. The number of hydrogen-bond donors (Lipinski definition) is 2. The van der Waals surface area contributed by atoms with Crippen LogP contribution < -0.4 is 5.32 Å². The molecule has 7 nitrogen and oxygen atoms in total. The Bertz CT molecular complexity index is 890. The maximum atomic E-state index is 12.9. The Morgan fingerprint density at radius 3 is 2.41 bits per heavy atom. The third kappa shape index (κ3) is 2.81. The van der Waals surface area contributed by atoms with Gasteiger partial charge in [0.05, 0.1) is 10.6 Å². The molecule has 2 aliphatic heterocycles. The first-order valence-corrected chi connectivity index (χ1v) is 9.59. The SMILES string of the molecule is CC(=O)C1(NC(=O)c2ccc(Cl)cc2Cl)C(=O)N2[C@@H](C(=O)O)C(C)(C)S[C@@H]21. The van der Waals surface area contributed by atoms with Gasteiger partial charge >= 0.3 is 5.97 Å². The fraction of sp³-hybridized carbons (Fsp3) is 0.412. The molecule has 0 radical (unpaired) electrons. The molecule has 2 fully saturated rings. The van der Waals surface area contributed by atoms with Crippen molar-refractivity contribution in [2.24, 2.45) is 0 Å². The van der Waals surface area contributed by atoms with Gasteiger partial charge in [0.1, 0.15) is 11.4 Å². The van der Waals surface area contributed by atoms with Crippen LogP contribution in [0.25, 0.3) is 0 Å². The highest BCUT2D eigenvalue weighted by Gasteiger charge is 2.74. The van der Waals surface area contributed by atoms with E-state index in [0.717, 1.165) is 4.90 Å². The summed E-state index contributed by atoms with van der Waals surface area (Å²) in [6.07, 6.45) is 0. The zero-order valence-corrected chi connectivity index (χ0v) is 16.9. The van der Waals surface area contributed by atoms with Gasteiger partial charge in [-0.3, -0.25) is 14.4 Å². The molecule has 0 aliphatic carbocycles. The van der Waals surface area contributed by atoms with E-state index in [0.29, 0.717) is 5.02 Å². The largest absolute Gasteiger partial charge is 0.480 e. The molecule has 1 unspecified atom stereocenters. The number of nitrogens with zero attached hydrogens (tertiary/aromatic N) is 1. The number of hydrogen-bond acceptors (Lipinski definition) is 5. The van der Waals surface area contributed by atoms with Gasteiger partial charge in [0.15, 0.2) is 5.78 Å². The van der Waals surface area contributed by atoms with Gasteiger partial charge in [-0.15, -0.1) is 11.8 Å². The molecular formula is C17H16Cl2N2O5S. The maximum absolute atomic E-state index is 12.9. The first kappa shape index (κ1) is 20.0. The maximum Gasteiger partial charge on any atom is 0.327 e. The predicted octanol–water partition coefficient (Wildman–Crippen LogP) is 2.20. The molecule has 3 rings (SSSR count). The molecule has 2 amide bonds. The Morgan fingerprint density at radius 1 is 1.26 bits per heavy atom. The molecule has 1 aromatic rings. The van der Waals surface area contributed by atoms with Crippen molar-refractivity contribution >= 4 is 58.5 Å². The summed E-state index contributed by atoms with van der Waals surface area (Å²) in [5, 5.41) is 11.6. The van der Waals surface area contributed by atoms with Gasteiger partial charge in [0.25, 0.3) is 11.8 Å². The van der Waals surface area contributed by atoms with Crippen molar-refractivity contribution in [2.75, 3.05) is 0 Å². The second kappa shape index (κ2) is 6.39. The molecule has 0 saturated carbocycles. The normalized spacial score (nSPS) is 28.3. The molecule has 2 saturated heterocycles. The Hall–Kier alpha value is -1.77. The van der Waals surface area contributed by atoms with E-state index in [9.17, 15) is 24.3 Å². The van der Waals surface area contributed by atoms with Crippen molar-refractivity contribution in [1.29, 1.82) is 0 Å². The van der Waals surface area contributed by atoms with Crippen molar-refractivity contribution < 1.29 is 24.3 Å². The van der Waals surface area contributed by atoms with Crippen LogP contribution in [0.5, 0.6) is 0 Å². The fourth-order valence-corrected chi connectivity index (χ4v) is 5.75. The number of nitrogens with one attached hydrogen (secondary N) is 1. The van der Waals surface area contributed by atoms with Crippen LogP contribution in [0.2, 0.25) is 10.0 Å².